The van der Waals surface area contributed by atoms with Crippen molar-refractivity contribution in [2.24, 2.45) is 0 Å². The average Bonchev–Trinajstić information content (AvgIpc) is 3.09. The van der Waals surface area contributed by atoms with Gasteiger partial charge in [-0.3, -0.25) is 9.59 Å². The Balaban J connectivity index is 1.27. The highest BCUT2D eigenvalue weighted by Gasteiger charge is 2.37. The number of hydrogen-bond donors (Lipinski definition) is 0. The normalized spacial score (nSPS) is 16.8. The van der Waals surface area contributed by atoms with Gasteiger partial charge in [-0.15, -0.1) is 0 Å². The Kier molecular flexibility index (Phi) is 6.43. The summed E-state index contributed by atoms with van der Waals surface area (Å²) in [4.78, 5) is 35.8. The average molecular weight is 488 g/mol. The van der Waals surface area contributed by atoms with Crippen molar-refractivity contribution < 1.29 is 18.7 Å². The van der Waals surface area contributed by atoms with E-state index in [4.69, 9.17) is 4.74 Å². The van der Waals surface area contributed by atoms with Crippen LogP contribution in [0, 0.1) is 12.7 Å². The van der Waals surface area contributed by atoms with E-state index < -0.39 is 11.2 Å². The number of hydrogen-bond acceptors (Lipinski definition) is 6. The highest BCUT2D eigenvalue weighted by atomic mass is 19.1. The Morgan fingerprint density at radius 1 is 1.03 bits per heavy atom. The maximum absolute atomic E-state index is 14.7. The number of Topliss-reactive ketones (excluding diaryl/α,β-unsaturated/α-hetero) is 2. The number of ketones is 2. The topological polar surface area (TPSA) is 72.4 Å². The molecule has 6 nitrogen and oxygen atoms in total. The molecule has 1 fully saturated rings. The Morgan fingerprint density at radius 2 is 1.69 bits per heavy atom. The number of fused-ring (bicyclic) bond motifs is 1. The van der Waals surface area contributed by atoms with Gasteiger partial charge in [0.2, 0.25) is 0 Å². The molecule has 1 aliphatic carbocycles. The summed E-state index contributed by atoms with van der Waals surface area (Å²) in [7, 11) is 0. The molecule has 7 heteroatoms. The molecule has 186 valence electrons. The number of anilines is 1. The summed E-state index contributed by atoms with van der Waals surface area (Å²) in [6, 6.07) is 13.5. The number of aryl methyl sites for hydroxylation is 1. The lowest BCUT2D eigenvalue weighted by molar-refractivity contribution is -0.121. The molecule has 0 N–H and O–H groups in total. The SMILES string of the molecule is Cc1nc(-c2ccc(CC(=O)Cc3ccc4c(c3)CC(=O)C4(C)C)cc2)nc(N2CCOCC2)c1F. The first kappa shape index (κ1) is 24.3. The molecular weight excluding hydrogens is 457 g/mol. The second kappa shape index (κ2) is 9.54. The fourth-order valence-electron chi connectivity index (χ4n) is 5.00. The molecule has 3 aromatic rings. The van der Waals surface area contributed by atoms with Crippen LogP contribution in [0.25, 0.3) is 11.4 Å². The number of carbonyl (C=O) groups excluding carboxylic acids is 2. The lowest BCUT2D eigenvalue weighted by atomic mass is 9.85. The van der Waals surface area contributed by atoms with E-state index in [9.17, 15) is 14.0 Å². The largest absolute Gasteiger partial charge is 0.378 e. The van der Waals surface area contributed by atoms with Gasteiger partial charge in [-0.05, 0) is 43.0 Å². The summed E-state index contributed by atoms with van der Waals surface area (Å²) in [5.74, 6) is 0.693. The minimum atomic E-state index is -0.449. The third kappa shape index (κ3) is 4.67. The van der Waals surface area contributed by atoms with Crippen LogP contribution in [0.4, 0.5) is 10.2 Å². The van der Waals surface area contributed by atoms with Gasteiger partial charge in [0.05, 0.1) is 18.9 Å². The molecular formula is C29H30FN3O3. The maximum atomic E-state index is 14.7. The lowest BCUT2D eigenvalue weighted by Crippen LogP contribution is -2.37. The van der Waals surface area contributed by atoms with E-state index >= 15 is 0 Å². The van der Waals surface area contributed by atoms with E-state index in [1.807, 2.05) is 61.2 Å². The van der Waals surface area contributed by atoms with Gasteiger partial charge in [0.15, 0.2) is 17.5 Å². The molecule has 2 aliphatic rings. The summed E-state index contributed by atoms with van der Waals surface area (Å²) in [5, 5.41) is 0. The zero-order valence-electron chi connectivity index (χ0n) is 20.9. The predicted molar refractivity (Wildman–Crippen MR) is 136 cm³/mol. The van der Waals surface area contributed by atoms with E-state index in [-0.39, 0.29) is 11.6 Å². The van der Waals surface area contributed by atoms with E-state index in [2.05, 4.69) is 9.97 Å². The van der Waals surface area contributed by atoms with Crippen molar-refractivity contribution in [3.05, 3.63) is 76.2 Å². The zero-order valence-corrected chi connectivity index (χ0v) is 20.9. The van der Waals surface area contributed by atoms with Gasteiger partial charge >= 0.3 is 0 Å². The Bertz CT molecular complexity index is 1330. The monoisotopic (exact) mass is 487 g/mol. The highest BCUT2D eigenvalue weighted by Crippen LogP contribution is 2.36. The standard InChI is InChI=1S/C29H30FN3O3/c1-18-26(30)28(33-10-12-36-13-11-33)32-27(31-18)21-7-4-19(5-8-21)15-23(34)16-20-6-9-24-22(14-20)17-25(35)29(24,2)3/h4-9,14H,10-13,15-17H2,1-3H3. The van der Waals surface area contributed by atoms with Crippen LogP contribution in [0.5, 0.6) is 0 Å². The number of benzene rings is 2. The molecule has 2 aromatic carbocycles. The second-order valence-corrected chi connectivity index (χ2v) is 10.2. The van der Waals surface area contributed by atoms with Crippen LogP contribution in [0.15, 0.2) is 42.5 Å². The van der Waals surface area contributed by atoms with Crippen molar-refractivity contribution in [3.8, 4) is 11.4 Å². The van der Waals surface area contributed by atoms with Gasteiger partial charge in [-0.2, -0.15) is 0 Å². The Labute approximate surface area is 210 Å². The molecule has 1 saturated heterocycles. The van der Waals surface area contributed by atoms with Crippen molar-refractivity contribution in [1.82, 2.24) is 9.97 Å². The first-order chi connectivity index (χ1) is 17.2. The first-order valence-electron chi connectivity index (χ1n) is 12.4. The minimum absolute atomic E-state index is 0.106. The maximum Gasteiger partial charge on any atom is 0.186 e. The van der Waals surface area contributed by atoms with E-state index in [0.29, 0.717) is 62.9 Å². The third-order valence-corrected chi connectivity index (χ3v) is 7.22. The smallest absolute Gasteiger partial charge is 0.186 e. The zero-order chi connectivity index (χ0) is 25.4. The molecule has 0 saturated carbocycles. The summed E-state index contributed by atoms with van der Waals surface area (Å²) in [6.45, 7) is 7.82. The molecule has 36 heavy (non-hydrogen) atoms. The third-order valence-electron chi connectivity index (χ3n) is 7.22. The summed E-state index contributed by atoms with van der Waals surface area (Å²) < 4.78 is 20.1. The highest BCUT2D eigenvalue weighted by molar-refractivity contribution is 5.96. The van der Waals surface area contributed by atoms with Gasteiger partial charge in [0, 0.05) is 43.3 Å². The minimum Gasteiger partial charge on any atom is -0.378 e. The summed E-state index contributed by atoms with van der Waals surface area (Å²) in [5.41, 5.74) is 4.56. The van der Waals surface area contributed by atoms with Crippen LogP contribution < -0.4 is 4.90 Å². The Morgan fingerprint density at radius 3 is 2.42 bits per heavy atom. The molecule has 5 rings (SSSR count). The van der Waals surface area contributed by atoms with Crippen LogP contribution in [0.1, 0.15) is 41.8 Å². The van der Waals surface area contributed by atoms with Crippen molar-refractivity contribution in [2.75, 3.05) is 31.2 Å². The lowest BCUT2D eigenvalue weighted by Gasteiger charge is -2.28. The predicted octanol–water partition coefficient (Wildman–Crippen LogP) is 4.18. The summed E-state index contributed by atoms with van der Waals surface area (Å²) >= 11 is 0. The van der Waals surface area contributed by atoms with E-state index in [1.54, 1.807) is 6.92 Å². The van der Waals surface area contributed by atoms with Gasteiger partial charge < -0.3 is 9.64 Å². The van der Waals surface area contributed by atoms with Crippen LogP contribution in [-0.2, 0) is 39.0 Å². The number of carbonyl (C=O) groups is 2. The molecule has 0 radical (unpaired) electrons. The molecule has 0 atom stereocenters. The molecule has 2 heterocycles. The van der Waals surface area contributed by atoms with E-state index in [0.717, 1.165) is 27.8 Å². The van der Waals surface area contributed by atoms with E-state index in [1.165, 1.54) is 0 Å². The molecule has 0 spiro atoms. The van der Waals surface area contributed by atoms with Gasteiger partial charge in [0.25, 0.3) is 0 Å². The quantitative estimate of drug-likeness (QED) is 0.519. The molecule has 0 unspecified atom stereocenters. The number of ether oxygens (including phenoxy) is 1. The van der Waals surface area contributed by atoms with Crippen LogP contribution in [0.2, 0.25) is 0 Å². The fraction of sp³-hybridized carbons (Fsp3) is 0.379. The first-order valence-corrected chi connectivity index (χ1v) is 12.4. The van der Waals surface area contributed by atoms with Crippen molar-refractivity contribution >= 4 is 17.4 Å². The number of aromatic nitrogens is 2. The van der Waals surface area contributed by atoms with Crippen molar-refractivity contribution in [2.45, 2.75) is 45.4 Å². The Hall–Kier alpha value is -3.45. The van der Waals surface area contributed by atoms with Crippen LogP contribution in [-0.4, -0.2) is 47.8 Å². The molecule has 0 bridgehead atoms. The number of halogens is 1. The van der Waals surface area contributed by atoms with Crippen molar-refractivity contribution in [3.63, 3.8) is 0 Å². The van der Waals surface area contributed by atoms with Crippen LogP contribution in [0.3, 0.4) is 0 Å². The number of nitrogens with zero attached hydrogens (tertiary/aromatic N) is 3. The van der Waals surface area contributed by atoms with Gasteiger partial charge in [-0.1, -0.05) is 42.5 Å². The van der Waals surface area contributed by atoms with Crippen LogP contribution >= 0.6 is 0 Å². The van der Waals surface area contributed by atoms with Crippen molar-refractivity contribution in [1.29, 1.82) is 0 Å². The van der Waals surface area contributed by atoms with Gasteiger partial charge in [0.1, 0.15) is 11.6 Å². The number of morpholine rings is 1. The second-order valence-electron chi connectivity index (χ2n) is 10.2. The summed E-state index contributed by atoms with van der Waals surface area (Å²) in [6.07, 6.45) is 1.07. The fourth-order valence-corrected chi connectivity index (χ4v) is 5.00. The number of rotatable bonds is 6. The molecule has 1 aliphatic heterocycles. The molecule has 0 amide bonds. The van der Waals surface area contributed by atoms with Gasteiger partial charge in [-0.25, -0.2) is 14.4 Å². The molecule has 1 aromatic heterocycles.